The summed E-state index contributed by atoms with van der Waals surface area (Å²) in [5, 5.41) is 6.02. The predicted octanol–water partition coefficient (Wildman–Crippen LogP) is 1.64. The quantitative estimate of drug-likeness (QED) is 0.471. The summed E-state index contributed by atoms with van der Waals surface area (Å²) in [6, 6.07) is 0. The van der Waals surface area contributed by atoms with E-state index in [1.54, 1.807) is 11.3 Å². The summed E-state index contributed by atoms with van der Waals surface area (Å²) in [5.74, 6) is 0.487. The van der Waals surface area contributed by atoms with Crippen molar-refractivity contribution in [3.8, 4) is 0 Å². The van der Waals surface area contributed by atoms with E-state index in [4.69, 9.17) is 5.73 Å². The second-order valence-corrected chi connectivity index (χ2v) is 4.48. The van der Waals surface area contributed by atoms with Crippen molar-refractivity contribution in [2.75, 3.05) is 25.5 Å². The van der Waals surface area contributed by atoms with Crippen LogP contribution in [-0.4, -0.2) is 31.6 Å². The Kier molecular flexibility index (Phi) is 8.23. The lowest BCUT2D eigenvalue weighted by Crippen LogP contribution is -2.32. The Bertz CT molecular complexity index is 350. The predicted molar refractivity (Wildman–Crippen MR) is 85.5 cm³/mol. The minimum atomic E-state index is 0. The number of aliphatic imine (C=N–C) groups is 1. The van der Waals surface area contributed by atoms with Crippen LogP contribution in [-0.2, 0) is 6.54 Å². The molecule has 0 aromatic carbocycles. The Morgan fingerprint density at radius 2 is 2.29 bits per heavy atom. The third-order valence-electron chi connectivity index (χ3n) is 1.89. The van der Waals surface area contributed by atoms with Gasteiger partial charge < -0.3 is 16.0 Å². The lowest BCUT2D eigenvalue weighted by atomic mass is 10.5. The summed E-state index contributed by atoms with van der Waals surface area (Å²) >= 11 is 1.61. The van der Waals surface area contributed by atoms with E-state index in [2.05, 4.69) is 22.2 Å². The van der Waals surface area contributed by atoms with Crippen molar-refractivity contribution in [2.24, 2.45) is 10.7 Å². The maximum absolute atomic E-state index is 5.68. The zero-order valence-electron chi connectivity index (χ0n) is 10.4. The molecule has 0 spiro atoms. The van der Waals surface area contributed by atoms with Crippen LogP contribution in [0.25, 0.3) is 0 Å². The Morgan fingerprint density at radius 3 is 2.82 bits per heavy atom. The molecule has 1 aromatic heterocycles. The number of aromatic nitrogens is 1. The van der Waals surface area contributed by atoms with Gasteiger partial charge in [0.25, 0.3) is 0 Å². The lowest BCUT2D eigenvalue weighted by Gasteiger charge is -2.05. The molecule has 0 aliphatic heterocycles. The highest BCUT2D eigenvalue weighted by atomic mass is 127. The molecule has 0 saturated heterocycles. The van der Waals surface area contributed by atoms with Crippen LogP contribution in [0.5, 0.6) is 0 Å². The molecule has 0 amide bonds. The standard InChI is InChI=1S/C10H19N5S.HI/c1-4-5-12-9(11)13-6-8-7-16-10(14-8)15(2)3;/h7H,4-6H2,1-3H3,(H3,11,12,13);1H. The van der Waals surface area contributed by atoms with Gasteiger partial charge in [-0.05, 0) is 6.42 Å². The Labute approximate surface area is 124 Å². The van der Waals surface area contributed by atoms with Crippen LogP contribution in [0.1, 0.15) is 19.0 Å². The Morgan fingerprint density at radius 1 is 1.59 bits per heavy atom. The van der Waals surface area contributed by atoms with E-state index in [0.717, 1.165) is 23.8 Å². The summed E-state index contributed by atoms with van der Waals surface area (Å²) in [6.07, 6.45) is 1.04. The molecule has 0 fully saturated rings. The Hall–Kier alpha value is -0.570. The summed E-state index contributed by atoms with van der Waals surface area (Å²) in [7, 11) is 3.95. The van der Waals surface area contributed by atoms with Crippen molar-refractivity contribution < 1.29 is 0 Å². The maximum atomic E-state index is 5.68. The number of anilines is 1. The molecule has 0 atom stereocenters. The van der Waals surface area contributed by atoms with Gasteiger partial charge in [-0.25, -0.2) is 9.98 Å². The fourth-order valence-electron chi connectivity index (χ4n) is 1.05. The molecule has 0 saturated carbocycles. The van der Waals surface area contributed by atoms with Crippen molar-refractivity contribution in [1.29, 1.82) is 0 Å². The second kappa shape index (κ2) is 8.51. The number of hydrogen-bond donors (Lipinski definition) is 2. The molecule has 1 heterocycles. The molecular weight excluding hydrogens is 349 g/mol. The highest BCUT2D eigenvalue weighted by Crippen LogP contribution is 2.18. The number of guanidine groups is 1. The molecule has 0 bridgehead atoms. The van der Waals surface area contributed by atoms with Crippen molar-refractivity contribution in [3.63, 3.8) is 0 Å². The number of nitrogens with two attached hydrogens (primary N) is 1. The van der Waals surface area contributed by atoms with Gasteiger partial charge in [0.2, 0.25) is 0 Å². The normalized spacial score (nSPS) is 10.9. The number of thiazole rings is 1. The van der Waals surface area contributed by atoms with Crippen molar-refractivity contribution >= 4 is 46.4 Å². The number of rotatable bonds is 5. The first-order chi connectivity index (χ1) is 7.63. The smallest absolute Gasteiger partial charge is 0.188 e. The molecule has 17 heavy (non-hydrogen) atoms. The van der Waals surface area contributed by atoms with Crippen LogP contribution in [0.3, 0.4) is 0 Å². The highest BCUT2D eigenvalue weighted by Gasteiger charge is 2.02. The van der Waals surface area contributed by atoms with Gasteiger partial charge in [-0.15, -0.1) is 35.3 Å². The fraction of sp³-hybridized carbons (Fsp3) is 0.600. The summed E-state index contributed by atoms with van der Waals surface area (Å²) < 4.78 is 0. The van der Waals surface area contributed by atoms with E-state index in [1.807, 2.05) is 24.4 Å². The van der Waals surface area contributed by atoms with Crippen molar-refractivity contribution in [3.05, 3.63) is 11.1 Å². The molecule has 5 nitrogen and oxygen atoms in total. The second-order valence-electron chi connectivity index (χ2n) is 3.64. The van der Waals surface area contributed by atoms with E-state index in [-0.39, 0.29) is 24.0 Å². The first-order valence-electron chi connectivity index (χ1n) is 5.29. The number of nitrogens with zero attached hydrogens (tertiary/aromatic N) is 3. The molecular formula is C10H20IN5S. The van der Waals surface area contributed by atoms with Gasteiger partial charge in [0.15, 0.2) is 11.1 Å². The van der Waals surface area contributed by atoms with Crippen LogP contribution < -0.4 is 16.0 Å². The van der Waals surface area contributed by atoms with Crippen LogP contribution in [0, 0.1) is 0 Å². The minimum absolute atomic E-state index is 0. The van der Waals surface area contributed by atoms with Gasteiger partial charge in [0.05, 0.1) is 12.2 Å². The maximum Gasteiger partial charge on any atom is 0.188 e. The highest BCUT2D eigenvalue weighted by molar-refractivity contribution is 14.0. The SMILES string of the molecule is CCCNC(N)=NCc1csc(N(C)C)n1.I. The van der Waals surface area contributed by atoms with Crippen LogP contribution in [0.2, 0.25) is 0 Å². The van der Waals surface area contributed by atoms with Crippen LogP contribution in [0.15, 0.2) is 10.4 Å². The topological polar surface area (TPSA) is 66.5 Å². The molecule has 0 unspecified atom stereocenters. The van der Waals surface area contributed by atoms with E-state index in [0.29, 0.717) is 12.5 Å². The van der Waals surface area contributed by atoms with E-state index in [1.165, 1.54) is 0 Å². The zero-order chi connectivity index (χ0) is 12.0. The van der Waals surface area contributed by atoms with Gasteiger partial charge in [0.1, 0.15) is 0 Å². The van der Waals surface area contributed by atoms with Gasteiger partial charge >= 0.3 is 0 Å². The van der Waals surface area contributed by atoms with Gasteiger partial charge in [-0.1, -0.05) is 6.92 Å². The average molecular weight is 369 g/mol. The monoisotopic (exact) mass is 369 g/mol. The molecule has 1 aromatic rings. The van der Waals surface area contributed by atoms with Crippen molar-refractivity contribution in [1.82, 2.24) is 10.3 Å². The fourth-order valence-corrected chi connectivity index (χ4v) is 1.80. The number of hydrogen-bond acceptors (Lipinski definition) is 4. The molecule has 0 aliphatic carbocycles. The van der Waals surface area contributed by atoms with Crippen LogP contribution >= 0.6 is 35.3 Å². The molecule has 0 radical (unpaired) electrons. The molecule has 1 rings (SSSR count). The van der Waals surface area contributed by atoms with Crippen molar-refractivity contribution in [2.45, 2.75) is 19.9 Å². The summed E-state index contributed by atoms with van der Waals surface area (Å²) in [4.78, 5) is 10.6. The van der Waals surface area contributed by atoms with E-state index in [9.17, 15) is 0 Å². The number of halogens is 1. The molecule has 0 aliphatic rings. The first-order valence-corrected chi connectivity index (χ1v) is 6.17. The zero-order valence-corrected chi connectivity index (χ0v) is 13.6. The average Bonchev–Trinajstić information content (AvgIpc) is 2.72. The number of nitrogens with one attached hydrogen (secondary N) is 1. The third kappa shape index (κ3) is 6.06. The molecule has 7 heteroatoms. The lowest BCUT2D eigenvalue weighted by molar-refractivity contribution is 0.823. The third-order valence-corrected chi connectivity index (χ3v) is 2.95. The largest absolute Gasteiger partial charge is 0.370 e. The molecule has 3 N–H and O–H groups in total. The summed E-state index contributed by atoms with van der Waals surface area (Å²) in [5.41, 5.74) is 6.63. The minimum Gasteiger partial charge on any atom is -0.370 e. The first kappa shape index (κ1) is 16.4. The van der Waals surface area contributed by atoms with Gasteiger partial charge in [0, 0.05) is 26.0 Å². The summed E-state index contributed by atoms with van der Waals surface area (Å²) in [6.45, 7) is 3.48. The Balaban J connectivity index is 0.00000256. The van der Waals surface area contributed by atoms with Crippen LogP contribution in [0.4, 0.5) is 5.13 Å². The van der Waals surface area contributed by atoms with Gasteiger partial charge in [-0.3, -0.25) is 0 Å². The molecule has 98 valence electrons. The van der Waals surface area contributed by atoms with E-state index < -0.39 is 0 Å². The van der Waals surface area contributed by atoms with Gasteiger partial charge in [-0.2, -0.15) is 0 Å². The van der Waals surface area contributed by atoms with E-state index >= 15 is 0 Å².